The molecule has 0 aromatic heterocycles. The summed E-state index contributed by atoms with van der Waals surface area (Å²) in [6.07, 6.45) is 1.08. The van der Waals surface area contributed by atoms with Gasteiger partial charge in [-0.25, -0.2) is 0 Å². The van der Waals surface area contributed by atoms with Gasteiger partial charge in [0.05, 0.1) is 13.2 Å². The molecular formula is C20H35N5O. The molecule has 1 aromatic carbocycles. The average Bonchev–Trinajstić information content (AvgIpc) is 2.68. The van der Waals surface area contributed by atoms with Gasteiger partial charge in [-0.2, -0.15) is 0 Å². The number of hydrogen-bond donors (Lipinski definition) is 2. The van der Waals surface area contributed by atoms with E-state index in [9.17, 15) is 0 Å². The van der Waals surface area contributed by atoms with E-state index in [1.165, 1.54) is 5.56 Å². The largest absolute Gasteiger partial charge is 0.379 e. The predicted octanol–water partition coefficient (Wildman–Crippen LogP) is 1.39. The zero-order valence-electron chi connectivity index (χ0n) is 16.6. The van der Waals surface area contributed by atoms with Gasteiger partial charge in [0.2, 0.25) is 0 Å². The van der Waals surface area contributed by atoms with Crippen LogP contribution >= 0.6 is 0 Å². The van der Waals surface area contributed by atoms with Crippen molar-refractivity contribution >= 4 is 5.96 Å². The first-order valence-corrected chi connectivity index (χ1v) is 9.68. The molecule has 0 amide bonds. The molecule has 1 aromatic rings. The van der Waals surface area contributed by atoms with Gasteiger partial charge in [-0.1, -0.05) is 30.3 Å². The Bertz CT molecular complexity index is 516. The second-order valence-corrected chi connectivity index (χ2v) is 6.92. The molecule has 1 aliphatic rings. The fraction of sp³-hybridized carbons (Fsp3) is 0.650. The molecular weight excluding hydrogens is 326 g/mol. The fourth-order valence-electron chi connectivity index (χ4n) is 3.02. The molecule has 2 rings (SSSR count). The summed E-state index contributed by atoms with van der Waals surface area (Å²) in [5.41, 5.74) is 1.36. The van der Waals surface area contributed by atoms with Crippen molar-refractivity contribution in [2.45, 2.75) is 25.9 Å². The molecule has 1 heterocycles. The highest BCUT2D eigenvalue weighted by atomic mass is 16.5. The molecule has 1 unspecified atom stereocenters. The summed E-state index contributed by atoms with van der Waals surface area (Å²) < 4.78 is 5.38. The van der Waals surface area contributed by atoms with E-state index in [-0.39, 0.29) is 0 Å². The van der Waals surface area contributed by atoms with Crippen LogP contribution in [-0.2, 0) is 11.3 Å². The number of nitrogens with zero attached hydrogens (tertiary/aromatic N) is 3. The lowest BCUT2D eigenvalue weighted by atomic mass is 10.1. The van der Waals surface area contributed by atoms with Gasteiger partial charge in [-0.05, 0) is 26.0 Å². The number of morpholine rings is 1. The van der Waals surface area contributed by atoms with Gasteiger partial charge < -0.3 is 15.4 Å². The summed E-state index contributed by atoms with van der Waals surface area (Å²) in [6.45, 7) is 9.86. The Labute approximate surface area is 158 Å². The number of aliphatic imine (C=N–C) groups is 1. The maximum Gasteiger partial charge on any atom is 0.191 e. The average molecular weight is 362 g/mol. The van der Waals surface area contributed by atoms with E-state index >= 15 is 0 Å². The summed E-state index contributed by atoms with van der Waals surface area (Å²) in [5.74, 6) is 0.885. The number of nitrogens with one attached hydrogen (secondary N) is 2. The molecule has 1 aliphatic heterocycles. The standard InChI is InChI=1S/C20H35N5O/c1-18(24(3)17-19-7-5-4-6-8-19)9-10-22-20(21-2)23-11-12-25-13-15-26-16-14-25/h4-8,18H,9-17H2,1-3H3,(H2,21,22,23). The van der Waals surface area contributed by atoms with Crippen LogP contribution in [0.1, 0.15) is 18.9 Å². The summed E-state index contributed by atoms with van der Waals surface area (Å²) in [7, 11) is 4.02. The normalized spacial score (nSPS) is 17.3. The smallest absolute Gasteiger partial charge is 0.191 e. The fourth-order valence-corrected chi connectivity index (χ4v) is 3.02. The van der Waals surface area contributed by atoms with Crippen molar-refractivity contribution in [1.82, 2.24) is 20.4 Å². The van der Waals surface area contributed by atoms with E-state index in [4.69, 9.17) is 4.74 Å². The third-order valence-electron chi connectivity index (χ3n) is 4.93. The number of benzene rings is 1. The highest BCUT2D eigenvalue weighted by Crippen LogP contribution is 2.07. The predicted molar refractivity (Wildman–Crippen MR) is 109 cm³/mol. The van der Waals surface area contributed by atoms with Gasteiger partial charge in [-0.15, -0.1) is 0 Å². The quantitative estimate of drug-likeness (QED) is 0.514. The maximum absolute atomic E-state index is 5.38. The molecule has 0 bridgehead atoms. The van der Waals surface area contributed by atoms with Crippen LogP contribution in [0.15, 0.2) is 35.3 Å². The first-order valence-electron chi connectivity index (χ1n) is 9.68. The van der Waals surface area contributed by atoms with Crippen LogP contribution in [0.3, 0.4) is 0 Å². The lowest BCUT2D eigenvalue weighted by molar-refractivity contribution is 0.0389. The van der Waals surface area contributed by atoms with E-state index in [1.807, 2.05) is 7.05 Å². The molecule has 6 nitrogen and oxygen atoms in total. The summed E-state index contributed by atoms with van der Waals surface area (Å²) in [6, 6.07) is 11.1. The minimum Gasteiger partial charge on any atom is -0.379 e. The summed E-state index contributed by atoms with van der Waals surface area (Å²) in [4.78, 5) is 9.13. The van der Waals surface area contributed by atoms with Crippen LogP contribution in [0.25, 0.3) is 0 Å². The third-order valence-corrected chi connectivity index (χ3v) is 4.93. The van der Waals surface area contributed by atoms with E-state index in [2.05, 4.69) is 69.7 Å². The monoisotopic (exact) mass is 361 g/mol. The van der Waals surface area contributed by atoms with E-state index in [1.54, 1.807) is 0 Å². The van der Waals surface area contributed by atoms with Crippen LogP contribution in [0, 0.1) is 0 Å². The molecule has 26 heavy (non-hydrogen) atoms. The molecule has 2 N–H and O–H groups in total. The first-order chi connectivity index (χ1) is 12.7. The Hall–Kier alpha value is -1.63. The molecule has 146 valence electrons. The minimum atomic E-state index is 0.508. The number of rotatable bonds is 9. The van der Waals surface area contributed by atoms with Gasteiger partial charge in [0.15, 0.2) is 5.96 Å². The second kappa shape index (κ2) is 11.9. The van der Waals surface area contributed by atoms with Gasteiger partial charge in [-0.3, -0.25) is 14.8 Å². The lowest BCUT2D eigenvalue weighted by Gasteiger charge is -2.27. The van der Waals surface area contributed by atoms with Crippen molar-refractivity contribution in [1.29, 1.82) is 0 Å². The van der Waals surface area contributed by atoms with E-state index in [0.29, 0.717) is 6.04 Å². The number of guanidine groups is 1. The number of hydrogen-bond acceptors (Lipinski definition) is 4. The van der Waals surface area contributed by atoms with Crippen molar-refractivity contribution in [3.05, 3.63) is 35.9 Å². The van der Waals surface area contributed by atoms with Crippen LogP contribution in [0.5, 0.6) is 0 Å². The Morgan fingerprint density at radius 2 is 1.88 bits per heavy atom. The zero-order valence-corrected chi connectivity index (χ0v) is 16.6. The van der Waals surface area contributed by atoms with E-state index in [0.717, 1.165) is 64.9 Å². The molecule has 0 spiro atoms. The third kappa shape index (κ3) is 7.72. The van der Waals surface area contributed by atoms with Crippen LogP contribution in [-0.4, -0.2) is 81.8 Å². The van der Waals surface area contributed by atoms with Crippen LogP contribution in [0.4, 0.5) is 0 Å². The zero-order chi connectivity index (χ0) is 18.6. The van der Waals surface area contributed by atoms with Gasteiger partial charge in [0.1, 0.15) is 0 Å². The Balaban J connectivity index is 1.60. The van der Waals surface area contributed by atoms with Gasteiger partial charge in [0.25, 0.3) is 0 Å². The molecule has 1 fully saturated rings. The van der Waals surface area contributed by atoms with Crippen molar-refractivity contribution in [3.63, 3.8) is 0 Å². The topological polar surface area (TPSA) is 52.1 Å². The highest BCUT2D eigenvalue weighted by molar-refractivity contribution is 5.79. The van der Waals surface area contributed by atoms with Crippen LogP contribution < -0.4 is 10.6 Å². The number of ether oxygens (including phenoxy) is 1. The Morgan fingerprint density at radius 3 is 2.58 bits per heavy atom. The van der Waals surface area contributed by atoms with Crippen molar-refractivity contribution in [3.8, 4) is 0 Å². The molecule has 1 atom stereocenters. The maximum atomic E-state index is 5.38. The molecule has 0 saturated carbocycles. The molecule has 0 radical (unpaired) electrons. The summed E-state index contributed by atoms with van der Waals surface area (Å²) in [5, 5.41) is 6.83. The Kier molecular flexibility index (Phi) is 9.45. The minimum absolute atomic E-state index is 0.508. The Morgan fingerprint density at radius 1 is 1.19 bits per heavy atom. The van der Waals surface area contributed by atoms with Gasteiger partial charge >= 0.3 is 0 Å². The summed E-state index contributed by atoms with van der Waals surface area (Å²) >= 11 is 0. The molecule has 1 saturated heterocycles. The second-order valence-electron chi connectivity index (χ2n) is 6.92. The van der Waals surface area contributed by atoms with E-state index < -0.39 is 0 Å². The molecule has 6 heteroatoms. The SMILES string of the molecule is CN=C(NCCC(C)N(C)Cc1ccccc1)NCCN1CCOCC1. The van der Waals surface area contributed by atoms with Gasteiger partial charge in [0, 0.05) is 52.4 Å². The first kappa shape index (κ1) is 20.7. The van der Waals surface area contributed by atoms with Crippen molar-refractivity contribution in [2.24, 2.45) is 4.99 Å². The van der Waals surface area contributed by atoms with Crippen molar-refractivity contribution in [2.75, 3.05) is 60.0 Å². The van der Waals surface area contributed by atoms with Crippen LogP contribution in [0.2, 0.25) is 0 Å². The highest BCUT2D eigenvalue weighted by Gasteiger charge is 2.11. The molecule has 0 aliphatic carbocycles. The van der Waals surface area contributed by atoms with Crippen molar-refractivity contribution < 1.29 is 4.74 Å². The lowest BCUT2D eigenvalue weighted by Crippen LogP contribution is -2.45.